The molecule has 2 aliphatic rings. The van der Waals surface area contributed by atoms with E-state index in [1.54, 1.807) is 6.20 Å². The number of hydrogen-bond acceptors (Lipinski definition) is 3. The van der Waals surface area contributed by atoms with Crippen LogP contribution in [0.25, 0.3) is 10.9 Å². The van der Waals surface area contributed by atoms with Gasteiger partial charge in [-0.1, -0.05) is 11.6 Å². The quantitative estimate of drug-likeness (QED) is 0.842. The number of halogens is 1. The van der Waals surface area contributed by atoms with Gasteiger partial charge in [-0.05, 0) is 42.4 Å². The van der Waals surface area contributed by atoms with Crippen LogP contribution in [0.2, 0.25) is 5.02 Å². The Morgan fingerprint density at radius 1 is 1.32 bits per heavy atom. The molecule has 0 spiro atoms. The third-order valence-corrected chi connectivity index (χ3v) is 4.77. The summed E-state index contributed by atoms with van der Waals surface area (Å²) in [5, 5.41) is 19.6. The maximum absolute atomic E-state index is 11.1. The number of fused-ring (bicyclic) bond motifs is 2. The molecule has 2 heterocycles. The SMILES string of the molecule is OC1(c2cc(Cl)cc3[nH]ncc23)CC2COC[C@H]2C1. The highest BCUT2D eigenvalue weighted by Crippen LogP contribution is 2.50. The normalized spacial score (nSPS) is 34.0. The van der Waals surface area contributed by atoms with Crippen molar-refractivity contribution in [3.63, 3.8) is 0 Å². The average Bonchev–Trinajstić information content (AvgIpc) is 3.01. The number of nitrogens with one attached hydrogen (secondary N) is 1. The number of aliphatic hydroxyl groups is 1. The lowest BCUT2D eigenvalue weighted by atomic mass is 9.88. The molecule has 100 valence electrons. The highest BCUT2D eigenvalue weighted by Gasteiger charge is 2.48. The van der Waals surface area contributed by atoms with Gasteiger partial charge in [0.15, 0.2) is 0 Å². The van der Waals surface area contributed by atoms with Gasteiger partial charge in [0.1, 0.15) is 0 Å². The number of aromatic amines is 1. The van der Waals surface area contributed by atoms with Crippen LogP contribution in [0.5, 0.6) is 0 Å². The maximum Gasteiger partial charge on any atom is 0.0911 e. The van der Waals surface area contributed by atoms with E-state index in [2.05, 4.69) is 10.2 Å². The van der Waals surface area contributed by atoms with E-state index in [9.17, 15) is 5.11 Å². The van der Waals surface area contributed by atoms with Crippen molar-refractivity contribution in [3.05, 3.63) is 28.9 Å². The molecule has 2 N–H and O–H groups in total. The van der Waals surface area contributed by atoms with Crippen LogP contribution >= 0.6 is 11.6 Å². The van der Waals surface area contributed by atoms with E-state index in [1.165, 1.54) is 0 Å². The molecule has 0 bridgehead atoms. The summed E-state index contributed by atoms with van der Waals surface area (Å²) in [4.78, 5) is 0. The van der Waals surface area contributed by atoms with Crippen LogP contribution in [0.3, 0.4) is 0 Å². The fraction of sp³-hybridized carbons (Fsp3) is 0.500. The van der Waals surface area contributed by atoms with Crippen LogP contribution in [0.15, 0.2) is 18.3 Å². The summed E-state index contributed by atoms with van der Waals surface area (Å²) < 4.78 is 5.48. The van der Waals surface area contributed by atoms with Crippen LogP contribution in [0, 0.1) is 11.8 Å². The number of ether oxygens (including phenoxy) is 1. The second-order valence-electron chi connectivity index (χ2n) is 5.78. The van der Waals surface area contributed by atoms with Gasteiger partial charge < -0.3 is 9.84 Å². The zero-order valence-electron chi connectivity index (χ0n) is 10.4. The monoisotopic (exact) mass is 278 g/mol. The maximum atomic E-state index is 11.1. The molecule has 3 atom stereocenters. The minimum atomic E-state index is -0.799. The van der Waals surface area contributed by atoms with Crippen molar-refractivity contribution in [1.82, 2.24) is 10.2 Å². The molecule has 0 radical (unpaired) electrons. The van der Waals surface area contributed by atoms with Crippen LogP contribution < -0.4 is 0 Å². The lowest BCUT2D eigenvalue weighted by Gasteiger charge is -2.25. The summed E-state index contributed by atoms with van der Waals surface area (Å²) >= 11 is 6.16. The molecule has 5 heteroatoms. The molecular formula is C14H15ClN2O2. The Morgan fingerprint density at radius 3 is 2.79 bits per heavy atom. The van der Waals surface area contributed by atoms with Gasteiger partial charge in [0, 0.05) is 23.6 Å². The van der Waals surface area contributed by atoms with Crippen LogP contribution in [-0.4, -0.2) is 28.5 Å². The largest absolute Gasteiger partial charge is 0.385 e. The molecule has 1 aromatic carbocycles. The van der Waals surface area contributed by atoms with Crippen LogP contribution in [0.4, 0.5) is 0 Å². The van der Waals surface area contributed by atoms with Gasteiger partial charge in [0.2, 0.25) is 0 Å². The number of nitrogens with zero attached hydrogens (tertiary/aromatic N) is 1. The van der Waals surface area contributed by atoms with Gasteiger partial charge in [-0.15, -0.1) is 0 Å². The summed E-state index contributed by atoms with van der Waals surface area (Å²) in [5.41, 5.74) is 0.981. The van der Waals surface area contributed by atoms with Crippen LogP contribution in [0.1, 0.15) is 18.4 Å². The zero-order chi connectivity index (χ0) is 13.0. The van der Waals surface area contributed by atoms with E-state index >= 15 is 0 Å². The van der Waals surface area contributed by atoms with Gasteiger partial charge in [0.25, 0.3) is 0 Å². The Morgan fingerprint density at radius 2 is 2.05 bits per heavy atom. The molecule has 1 aromatic heterocycles. The zero-order valence-corrected chi connectivity index (χ0v) is 11.2. The molecule has 4 nitrogen and oxygen atoms in total. The first-order chi connectivity index (χ1) is 9.16. The molecule has 1 saturated carbocycles. The Bertz CT molecular complexity index is 627. The van der Waals surface area contributed by atoms with Crippen molar-refractivity contribution in [1.29, 1.82) is 0 Å². The summed E-state index contributed by atoms with van der Waals surface area (Å²) in [6.45, 7) is 1.53. The highest BCUT2D eigenvalue weighted by atomic mass is 35.5. The molecule has 1 saturated heterocycles. The first-order valence-electron chi connectivity index (χ1n) is 6.59. The first kappa shape index (κ1) is 11.7. The number of hydrogen-bond donors (Lipinski definition) is 2. The second-order valence-corrected chi connectivity index (χ2v) is 6.22. The second kappa shape index (κ2) is 3.95. The Balaban J connectivity index is 1.83. The summed E-state index contributed by atoms with van der Waals surface area (Å²) in [6.07, 6.45) is 3.26. The predicted octanol–water partition coefficient (Wildman–Crippen LogP) is 2.46. The minimum absolute atomic E-state index is 0.464. The van der Waals surface area contributed by atoms with Gasteiger partial charge in [-0.3, -0.25) is 5.10 Å². The van der Waals surface area contributed by atoms with Crippen molar-refractivity contribution >= 4 is 22.5 Å². The van der Waals surface area contributed by atoms with E-state index in [4.69, 9.17) is 16.3 Å². The van der Waals surface area contributed by atoms with Crippen molar-refractivity contribution < 1.29 is 9.84 Å². The van der Waals surface area contributed by atoms with Gasteiger partial charge >= 0.3 is 0 Å². The van der Waals surface area contributed by atoms with E-state index in [0.29, 0.717) is 16.9 Å². The topological polar surface area (TPSA) is 58.1 Å². The Kier molecular flexibility index (Phi) is 2.43. The lowest BCUT2D eigenvalue weighted by Crippen LogP contribution is -2.23. The highest BCUT2D eigenvalue weighted by molar-refractivity contribution is 6.31. The first-order valence-corrected chi connectivity index (χ1v) is 6.97. The molecule has 1 aliphatic heterocycles. The number of aromatic nitrogens is 2. The Labute approximate surface area is 115 Å². The van der Waals surface area contributed by atoms with Gasteiger partial charge in [-0.25, -0.2) is 0 Å². The van der Waals surface area contributed by atoms with E-state index < -0.39 is 5.60 Å². The van der Waals surface area contributed by atoms with Gasteiger partial charge in [-0.2, -0.15) is 5.10 Å². The molecule has 2 aromatic rings. The fourth-order valence-electron chi connectivity index (χ4n) is 3.67. The fourth-order valence-corrected chi connectivity index (χ4v) is 3.88. The average molecular weight is 279 g/mol. The molecule has 1 aliphatic carbocycles. The van der Waals surface area contributed by atoms with Crippen LogP contribution in [-0.2, 0) is 10.3 Å². The molecular weight excluding hydrogens is 264 g/mol. The van der Waals surface area contributed by atoms with E-state index in [-0.39, 0.29) is 0 Å². The number of rotatable bonds is 1. The standard InChI is InChI=1S/C14H15ClN2O2/c15-10-1-12(11-5-16-17-13(11)2-10)14(18)3-8-6-19-7-9(8)4-14/h1-2,5,8-9,18H,3-4,6-7H2,(H,16,17)/t8-,9?,14?/m1/s1. The van der Waals surface area contributed by atoms with E-state index in [0.717, 1.165) is 42.5 Å². The molecule has 19 heavy (non-hydrogen) atoms. The molecule has 4 rings (SSSR count). The molecule has 2 fully saturated rings. The number of H-pyrrole nitrogens is 1. The summed E-state index contributed by atoms with van der Waals surface area (Å²) in [7, 11) is 0. The predicted molar refractivity (Wildman–Crippen MR) is 72.0 cm³/mol. The lowest BCUT2D eigenvalue weighted by molar-refractivity contribution is 0.0233. The minimum Gasteiger partial charge on any atom is -0.385 e. The molecule has 0 amide bonds. The summed E-state index contributed by atoms with van der Waals surface area (Å²) in [5.74, 6) is 0.928. The van der Waals surface area contributed by atoms with E-state index in [1.807, 2.05) is 12.1 Å². The van der Waals surface area contributed by atoms with Crippen molar-refractivity contribution in [2.75, 3.05) is 13.2 Å². The number of benzene rings is 1. The Hall–Kier alpha value is -1.10. The third kappa shape index (κ3) is 1.71. The van der Waals surface area contributed by atoms with Crippen molar-refractivity contribution in [2.24, 2.45) is 11.8 Å². The molecule has 2 unspecified atom stereocenters. The van der Waals surface area contributed by atoms with Crippen molar-refractivity contribution in [3.8, 4) is 0 Å². The smallest absolute Gasteiger partial charge is 0.0911 e. The third-order valence-electron chi connectivity index (χ3n) is 4.56. The van der Waals surface area contributed by atoms with Crippen molar-refractivity contribution in [2.45, 2.75) is 18.4 Å². The van der Waals surface area contributed by atoms with Gasteiger partial charge in [0.05, 0.1) is 17.3 Å². The summed E-state index contributed by atoms with van der Waals surface area (Å²) in [6, 6.07) is 3.72.